The van der Waals surface area contributed by atoms with Gasteiger partial charge in [0.15, 0.2) is 0 Å². The van der Waals surface area contributed by atoms with Crippen LogP contribution in [0.3, 0.4) is 0 Å². The first kappa shape index (κ1) is 7.40. The summed E-state index contributed by atoms with van der Waals surface area (Å²) in [4.78, 5) is 13.4. The van der Waals surface area contributed by atoms with Gasteiger partial charge in [-0.1, -0.05) is 0 Å². The van der Waals surface area contributed by atoms with Gasteiger partial charge in [-0.05, 0) is 19.1 Å². The van der Waals surface area contributed by atoms with Crippen LogP contribution >= 0.6 is 0 Å². The van der Waals surface area contributed by atoms with Crippen LogP contribution in [0.15, 0.2) is 18.3 Å². The van der Waals surface area contributed by atoms with Gasteiger partial charge in [0, 0.05) is 25.8 Å². The van der Waals surface area contributed by atoms with E-state index in [-0.39, 0.29) is 5.91 Å². The first-order chi connectivity index (χ1) is 5.70. The number of fused-ring (bicyclic) bond motifs is 1. The van der Waals surface area contributed by atoms with Crippen LogP contribution in [0.4, 0.5) is 0 Å². The van der Waals surface area contributed by atoms with Crippen LogP contribution in [-0.4, -0.2) is 28.5 Å². The van der Waals surface area contributed by atoms with Crippen molar-refractivity contribution in [1.29, 1.82) is 0 Å². The number of carbonyl (C=O) groups excluding carboxylic acids is 1. The molecule has 1 amide bonds. The maximum absolute atomic E-state index is 11.6. The zero-order chi connectivity index (χ0) is 8.72. The van der Waals surface area contributed by atoms with Crippen molar-refractivity contribution in [2.75, 3.05) is 7.05 Å². The molecular formula is C9H12N2O. The van der Waals surface area contributed by atoms with Gasteiger partial charge in [-0.15, -0.1) is 0 Å². The highest BCUT2D eigenvalue weighted by Gasteiger charge is 2.25. The Bertz CT molecular complexity index is 316. The Morgan fingerprint density at radius 3 is 3.08 bits per heavy atom. The van der Waals surface area contributed by atoms with Gasteiger partial charge in [0.2, 0.25) is 0 Å². The summed E-state index contributed by atoms with van der Waals surface area (Å²) in [6, 6.07) is 4.08. The van der Waals surface area contributed by atoms with Gasteiger partial charge >= 0.3 is 0 Å². The number of hydrogen-bond acceptors (Lipinski definition) is 1. The van der Waals surface area contributed by atoms with Crippen molar-refractivity contribution < 1.29 is 4.79 Å². The Hall–Kier alpha value is -1.25. The fourth-order valence-corrected chi connectivity index (χ4v) is 1.56. The fraction of sp³-hybridized carbons (Fsp3) is 0.444. The van der Waals surface area contributed by atoms with Crippen molar-refractivity contribution in [1.82, 2.24) is 9.47 Å². The second kappa shape index (κ2) is 2.37. The lowest BCUT2D eigenvalue weighted by Gasteiger charge is -2.31. The van der Waals surface area contributed by atoms with E-state index >= 15 is 0 Å². The molecule has 3 heteroatoms. The molecule has 1 atom stereocenters. The van der Waals surface area contributed by atoms with Gasteiger partial charge in [0.1, 0.15) is 5.69 Å². The largest absolute Gasteiger partial charge is 0.341 e. The molecule has 0 radical (unpaired) electrons. The van der Waals surface area contributed by atoms with Crippen LogP contribution in [0.25, 0.3) is 0 Å². The quantitative estimate of drug-likeness (QED) is 0.560. The molecule has 64 valence electrons. The monoisotopic (exact) mass is 164 g/mol. The predicted molar refractivity (Wildman–Crippen MR) is 46.0 cm³/mol. The maximum Gasteiger partial charge on any atom is 0.270 e. The molecule has 1 aliphatic heterocycles. The molecule has 0 spiro atoms. The molecule has 3 nitrogen and oxygen atoms in total. The average molecular weight is 164 g/mol. The summed E-state index contributed by atoms with van der Waals surface area (Å²) < 4.78 is 2.01. The Morgan fingerprint density at radius 1 is 1.58 bits per heavy atom. The third kappa shape index (κ3) is 0.858. The molecule has 2 heterocycles. The molecular weight excluding hydrogens is 152 g/mol. The molecule has 0 aliphatic carbocycles. The van der Waals surface area contributed by atoms with Crippen LogP contribution in [0.1, 0.15) is 17.4 Å². The number of carbonyl (C=O) groups is 1. The van der Waals surface area contributed by atoms with Crippen molar-refractivity contribution in [2.45, 2.75) is 19.5 Å². The lowest BCUT2D eigenvalue weighted by atomic mass is 10.2. The van der Waals surface area contributed by atoms with E-state index in [4.69, 9.17) is 0 Å². The minimum absolute atomic E-state index is 0.124. The lowest BCUT2D eigenvalue weighted by Crippen LogP contribution is -2.43. The van der Waals surface area contributed by atoms with Crippen LogP contribution in [0, 0.1) is 0 Å². The highest BCUT2D eigenvalue weighted by molar-refractivity contribution is 5.93. The second-order valence-electron chi connectivity index (χ2n) is 3.31. The van der Waals surface area contributed by atoms with Gasteiger partial charge in [-0.25, -0.2) is 0 Å². The summed E-state index contributed by atoms with van der Waals surface area (Å²) in [6.07, 6.45) is 1.96. The average Bonchev–Trinajstić information content (AvgIpc) is 2.48. The third-order valence-electron chi connectivity index (χ3n) is 2.49. The first-order valence-electron chi connectivity index (χ1n) is 4.12. The van der Waals surface area contributed by atoms with E-state index in [1.165, 1.54) is 0 Å². The van der Waals surface area contributed by atoms with E-state index in [0.717, 1.165) is 12.2 Å². The molecule has 0 bridgehead atoms. The standard InChI is InChI=1S/C9H12N2O/c1-7-6-11-5-3-4-8(11)9(12)10(7)2/h3-5,7H,6H2,1-2H3. The van der Waals surface area contributed by atoms with Crippen molar-refractivity contribution in [3.63, 3.8) is 0 Å². The van der Waals surface area contributed by atoms with E-state index in [0.29, 0.717) is 6.04 Å². The van der Waals surface area contributed by atoms with E-state index < -0.39 is 0 Å². The molecule has 1 aliphatic rings. The Kier molecular flexibility index (Phi) is 1.46. The molecule has 1 aromatic heterocycles. The number of aromatic nitrogens is 1. The van der Waals surface area contributed by atoms with E-state index in [2.05, 4.69) is 6.92 Å². The summed E-state index contributed by atoms with van der Waals surface area (Å²) in [5, 5.41) is 0. The number of rotatable bonds is 0. The van der Waals surface area contributed by atoms with Gasteiger partial charge in [-0.3, -0.25) is 4.79 Å². The molecule has 12 heavy (non-hydrogen) atoms. The second-order valence-corrected chi connectivity index (χ2v) is 3.31. The van der Waals surface area contributed by atoms with Gasteiger partial charge < -0.3 is 9.47 Å². The molecule has 0 aromatic carbocycles. The highest BCUT2D eigenvalue weighted by Crippen LogP contribution is 2.15. The summed E-state index contributed by atoms with van der Waals surface area (Å²) in [5.41, 5.74) is 0.801. The fourth-order valence-electron chi connectivity index (χ4n) is 1.56. The molecule has 1 aromatic rings. The van der Waals surface area contributed by atoms with Crippen LogP contribution in [0.5, 0.6) is 0 Å². The zero-order valence-corrected chi connectivity index (χ0v) is 7.32. The third-order valence-corrected chi connectivity index (χ3v) is 2.49. The summed E-state index contributed by atoms with van der Waals surface area (Å²) in [5.74, 6) is 0.124. The molecule has 2 rings (SSSR count). The van der Waals surface area contributed by atoms with Gasteiger partial charge in [0.25, 0.3) is 5.91 Å². The topological polar surface area (TPSA) is 25.2 Å². The van der Waals surface area contributed by atoms with E-state index in [1.54, 1.807) is 4.90 Å². The lowest BCUT2D eigenvalue weighted by molar-refractivity contribution is 0.0675. The Morgan fingerprint density at radius 2 is 2.33 bits per heavy atom. The molecule has 0 N–H and O–H groups in total. The van der Waals surface area contributed by atoms with Crippen molar-refractivity contribution in [3.8, 4) is 0 Å². The minimum atomic E-state index is 0.124. The highest BCUT2D eigenvalue weighted by atomic mass is 16.2. The minimum Gasteiger partial charge on any atom is -0.341 e. The number of amides is 1. The smallest absolute Gasteiger partial charge is 0.270 e. The van der Waals surface area contributed by atoms with Crippen LogP contribution in [-0.2, 0) is 6.54 Å². The van der Waals surface area contributed by atoms with Crippen molar-refractivity contribution in [3.05, 3.63) is 24.0 Å². The summed E-state index contributed by atoms with van der Waals surface area (Å²) in [7, 11) is 1.85. The Labute approximate surface area is 71.6 Å². The first-order valence-corrected chi connectivity index (χ1v) is 4.12. The van der Waals surface area contributed by atoms with Crippen molar-refractivity contribution >= 4 is 5.91 Å². The molecule has 1 unspecified atom stereocenters. The summed E-state index contributed by atoms with van der Waals surface area (Å²) in [6.45, 7) is 2.96. The normalized spacial score (nSPS) is 22.7. The van der Waals surface area contributed by atoms with Crippen LogP contribution in [0.2, 0.25) is 0 Å². The zero-order valence-electron chi connectivity index (χ0n) is 7.32. The Balaban J connectivity index is 2.46. The van der Waals surface area contributed by atoms with Crippen molar-refractivity contribution in [2.24, 2.45) is 0 Å². The van der Waals surface area contributed by atoms with E-state index in [1.807, 2.05) is 29.9 Å². The van der Waals surface area contributed by atoms with E-state index in [9.17, 15) is 4.79 Å². The van der Waals surface area contributed by atoms with Gasteiger partial charge in [-0.2, -0.15) is 0 Å². The van der Waals surface area contributed by atoms with Gasteiger partial charge in [0.05, 0.1) is 0 Å². The van der Waals surface area contributed by atoms with Crippen LogP contribution < -0.4 is 0 Å². The summed E-state index contributed by atoms with van der Waals surface area (Å²) >= 11 is 0. The SMILES string of the molecule is CC1Cn2cccc2C(=O)N1C. The maximum atomic E-state index is 11.6. The predicted octanol–water partition coefficient (Wildman–Crippen LogP) is 0.962. The number of hydrogen-bond donors (Lipinski definition) is 0. The molecule has 0 fully saturated rings. The number of likely N-dealkylation sites (N-methyl/N-ethyl adjacent to an activating group) is 1. The molecule has 0 saturated carbocycles. The number of nitrogens with zero attached hydrogens (tertiary/aromatic N) is 2. The molecule has 0 saturated heterocycles.